The fraction of sp³-hybridized carbons (Fsp3) is 0.176. The van der Waals surface area contributed by atoms with E-state index in [9.17, 15) is 4.39 Å². The lowest BCUT2D eigenvalue weighted by Crippen LogP contribution is -1.83. The number of thioether (sulfide) groups is 1. The fourth-order valence-electron chi connectivity index (χ4n) is 2.32. The third-order valence-corrected chi connectivity index (χ3v) is 5.40. The quantitative estimate of drug-likeness (QED) is 0.450. The summed E-state index contributed by atoms with van der Waals surface area (Å²) in [7, 11) is 0. The van der Waals surface area contributed by atoms with Gasteiger partial charge in [-0.05, 0) is 38.1 Å². The maximum absolute atomic E-state index is 13.0. The molecule has 0 amide bonds. The molecule has 0 bridgehead atoms. The molecule has 3 aromatic heterocycles. The molecule has 0 unspecified atom stereocenters. The molecule has 9 heteroatoms. The molecular weight excluding hydrogens is 375 g/mol. The topological polar surface area (TPSA) is 77.8 Å². The third-order valence-electron chi connectivity index (χ3n) is 3.49. The number of hydrogen-bond donors (Lipinski definition) is 0. The van der Waals surface area contributed by atoms with Gasteiger partial charge in [0.1, 0.15) is 17.0 Å². The monoisotopic (exact) mass is 388 g/mol. The van der Waals surface area contributed by atoms with Gasteiger partial charge in [-0.2, -0.15) is 0 Å². The van der Waals surface area contributed by atoms with E-state index in [2.05, 4.69) is 20.2 Å². The Morgan fingerprint density at radius 2 is 1.88 bits per heavy atom. The zero-order valence-corrected chi connectivity index (χ0v) is 15.5. The van der Waals surface area contributed by atoms with E-state index in [-0.39, 0.29) is 5.82 Å². The smallest absolute Gasteiger partial charge is 0.277 e. The van der Waals surface area contributed by atoms with Gasteiger partial charge in [-0.3, -0.25) is 0 Å². The Labute approximate surface area is 156 Å². The Hall–Kier alpha value is -2.52. The van der Waals surface area contributed by atoms with Gasteiger partial charge in [-0.1, -0.05) is 11.8 Å². The summed E-state index contributed by atoms with van der Waals surface area (Å²) < 4.78 is 24.1. The van der Waals surface area contributed by atoms with Crippen LogP contribution in [-0.2, 0) is 5.75 Å². The summed E-state index contributed by atoms with van der Waals surface area (Å²) in [6, 6.07) is 6.00. The summed E-state index contributed by atoms with van der Waals surface area (Å²) >= 11 is 2.90. The van der Waals surface area contributed by atoms with Crippen LogP contribution in [-0.4, -0.2) is 20.2 Å². The van der Waals surface area contributed by atoms with Crippen molar-refractivity contribution in [1.29, 1.82) is 0 Å². The molecule has 0 aliphatic rings. The second-order valence-electron chi connectivity index (χ2n) is 5.46. The summed E-state index contributed by atoms with van der Waals surface area (Å²) in [5.41, 5.74) is 2.34. The molecule has 3 heterocycles. The Bertz CT molecular complexity index is 1040. The molecule has 6 nitrogen and oxygen atoms in total. The van der Waals surface area contributed by atoms with Gasteiger partial charge in [0.25, 0.3) is 11.1 Å². The van der Waals surface area contributed by atoms with E-state index >= 15 is 0 Å². The first kappa shape index (κ1) is 16.9. The molecule has 0 aliphatic heterocycles. The lowest BCUT2D eigenvalue weighted by atomic mass is 10.2. The summed E-state index contributed by atoms with van der Waals surface area (Å²) in [5, 5.41) is 9.56. The largest absolute Gasteiger partial charge is 0.444 e. The van der Waals surface area contributed by atoms with Crippen LogP contribution >= 0.6 is 23.1 Å². The van der Waals surface area contributed by atoms with Crippen LogP contribution in [0.2, 0.25) is 0 Å². The van der Waals surface area contributed by atoms with Crippen LogP contribution in [0.5, 0.6) is 0 Å². The summed E-state index contributed by atoms with van der Waals surface area (Å²) in [4.78, 5) is 9.66. The minimum Gasteiger partial charge on any atom is -0.444 e. The fourth-order valence-corrected chi connectivity index (χ4v) is 3.81. The highest BCUT2D eigenvalue weighted by atomic mass is 32.2. The minimum atomic E-state index is -0.297. The average molecular weight is 388 g/mol. The lowest BCUT2D eigenvalue weighted by molar-refractivity contribution is 0.466. The first-order chi connectivity index (χ1) is 12.6. The van der Waals surface area contributed by atoms with E-state index in [0.717, 1.165) is 26.8 Å². The lowest BCUT2D eigenvalue weighted by Gasteiger charge is -1.94. The van der Waals surface area contributed by atoms with E-state index in [1.165, 1.54) is 35.2 Å². The van der Waals surface area contributed by atoms with Crippen LogP contribution in [0, 0.1) is 19.7 Å². The third kappa shape index (κ3) is 3.54. The van der Waals surface area contributed by atoms with Crippen molar-refractivity contribution < 1.29 is 13.2 Å². The zero-order chi connectivity index (χ0) is 18.1. The van der Waals surface area contributed by atoms with Crippen LogP contribution in [0.25, 0.3) is 22.2 Å². The van der Waals surface area contributed by atoms with Gasteiger partial charge in [-0.15, -0.1) is 21.5 Å². The highest BCUT2D eigenvalue weighted by molar-refractivity contribution is 7.98. The second kappa shape index (κ2) is 7.00. The van der Waals surface area contributed by atoms with Gasteiger partial charge in [0.05, 0.1) is 16.4 Å². The van der Waals surface area contributed by atoms with Crippen LogP contribution in [0.15, 0.2) is 44.6 Å². The van der Waals surface area contributed by atoms with E-state index in [4.69, 9.17) is 8.83 Å². The predicted octanol–water partition coefficient (Wildman–Crippen LogP) is 4.90. The van der Waals surface area contributed by atoms with E-state index < -0.39 is 0 Å². The van der Waals surface area contributed by atoms with Crippen molar-refractivity contribution in [3.63, 3.8) is 0 Å². The van der Waals surface area contributed by atoms with Crippen LogP contribution in [0.4, 0.5) is 4.39 Å². The predicted molar refractivity (Wildman–Crippen MR) is 96.3 cm³/mol. The van der Waals surface area contributed by atoms with Gasteiger partial charge in [-0.25, -0.2) is 14.4 Å². The second-order valence-corrected chi connectivity index (χ2v) is 7.59. The standard InChI is InChI=1S/C17H13FN4O2S2/c1-9-14(26-10(2)19-9)16-21-22-17(24-16)25-8-13-7-23-15(20-13)11-3-5-12(18)6-4-11/h3-7H,8H2,1-2H3. The van der Waals surface area contributed by atoms with Crippen molar-refractivity contribution >= 4 is 23.1 Å². The minimum absolute atomic E-state index is 0.297. The Kier molecular flexibility index (Phi) is 4.56. The molecule has 0 saturated carbocycles. The van der Waals surface area contributed by atoms with Gasteiger partial charge in [0.15, 0.2) is 0 Å². The zero-order valence-electron chi connectivity index (χ0n) is 13.9. The summed E-state index contributed by atoms with van der Waals surface area (Å²) in [5.74, 6) is 1.15. The van der Waals surface area contributed by atoms with Crippen molar-refractivity contribution in [1.82, 2.24) is 20.2 Å². The molecule has 4 aromatic rings. The number of rotatable bonds is 5. The first-order valence-corrected chi connectivity index (χ1v) is 9.50. The van der Waals surface area contributed by atoms with Crippen molar-refractivity contribution in [3.05, 3.63) is 52.7 Å². The molecule has 0 saturated heterocycles. The van der Waals surface area contributed by atoms with Crippen molar-refractivity contribution in [2.24, 2.45) is 0 Å². The summed E-state index contributed by atoms with van der Waals surface area (Å²) in [6.45, 7) is 3.86. The maximum atomic E-state index is 13.0. The van der Waals surface area contributed by atoms with Crippen molar-refractivity contribution in [2.75, 3.05) is 0 Å². The Balaban J connectivity index is 1.43. The number of aromatic nitrogens is 4. The highest BCUT2D eigenvalue weighted by Crippen LogP contribution is 2.31. The number of thiazole rings is 1. The molecule has 1 aromatic carbocycles. The number of hydrogen-bond acceptors (Lipinski definition) is 8. The first-order valence-electron chi connectivity index (χ1n) is 7.69. The van der Waals surface area contributed by atoms with Gasteiger partial charge < -0.3 is 8.83 Å². The molecule has 0 atom stereocenters. The molecule has 26 heavy (non-hydrogen) atoms. The molecular formula is C17H13FN4O2S2. The van der Waals surface area contributed by atoms with Crippen LogP contribution in [0.3, 0.4) is 0 Å². The number of benzene rings is 1. The SMILES string of the molecule is Cc1nc(C)c(-c2nnc(SCc3coc(-c4ccc(F)cc4)n3)o2)s1. The van der Waals surface area contributed by atoms with E-state index in [0.29, 0.717) is 22.8 Å². The molecule has 0 fully saturated rings. The van der Waals surface area contributed by atoms with Crippen molar-refractivity contribution in [3.8, 4) is 22.2 Å². The Morgan fingerprint density at radius 3 is 2.62 bits per heavy atom. The van der Waals surface area contributed by atoms with Crippen molar-refractivity contribution in [2.45, 2.75) is 24.8 Å². The van der Waals surface area contributed by atoms with Crippen LogP contribution in [0.1, 0.15) is 16.4 Å². The molecule has 0 spiro atoms. The normalized spacial score (nSPS) is 11.2. The number of nitrogens with zero attached hydrogens (tertiary/aromatic N) is 4. The number of aryl methyl sites for hydroxylation is 2. The Morgan fingerprint density at radius 1 is 1.08 bits per heavy atom. The van der Waals surface area contributed by atoms with E-state index in [1.807, 2.05) is 13.8 Å². The van der Waals surface area contributed by atoms with Gasteiger partial charge in [0, 0.05) is 11.3 Å². The van der Waals surface area contributed by atoms with E-state index in [1.54, 1.807) is 18.4 Å². The summed E-state index contributed by atoms with van der Waals surface area (Å²) in [6.07, 6.45) is 1.57. The molecule has 4 rings (SSSR count). The number of oxazole rings is 1. The average Bonchev–Trinajstić information content (AvgIpc) is 3.33. The molecule has 132 valence electrons. The van der Waals surface area contributed by atoms with Gasteiger partial charge >= 0.3 is 0 Å². The van der Waals surface area contributed by atoms with Gasteiger partial charge in [0.2, 0.25) is 5.89 Å². The highest BCUT2D eigenvalue weighted by Gasteiger charge is 2.16. The number of halogens is 1. The molecule has 0 N–H and O–H groups in total. The maximum Gasteiger partial charge on any atom is 0.277 e. The molecule has 0 aliphatic carbocycles. The van der Waals surface area contributed by atoms with Crippen LogP contribution < -0.4 is 0 Å². The molecule has 0 radical (unpaired) electrons.